The second-order valence-corrected chi connectivity index (χ2v) is 17.3. The maximum Gasteiger partial charge on any atom is 0.410 e. The summed E-state index contributed by atoms with van der Waals surface area (Å²) < 4.78 is 45.8. The fourth-order valence-electron chi connectivity index (χ4n) is 5.26. The normalized spacial score (nSPS) is 14.9. The molecule has 2 aromatic carbocycles. The van der Waals surface area contributed by atoms with Crippen molar-refractivity contribution in [2.24, 2.45) is 11.3 Å². The quantitative estimate of drug-likeness (QED) is 0.228. The minimum Gasteiger partial charge on any atom is -0.454 e. The molecule has 0 fully saturated rings. The molecule has 12 nitrogen and oxygen atoms in total. The zero-order chi connectivity index (χ0) is 36.7. The molecule has 2 amide bonds. The number of hydrogen-bond donors (Lipinski definition) is 2. The molecule has 1 aliphatic heterocycles. The van der Waals surface area contributed by atoms with Gasteiger partial charge in [0.15, 0.2) is 11.5 Å². The van der Waals surface area contributed by atoms with Gasteiger partial charge in [0.05, 0.1) is 17.0 Å². The van der Waals surface area contributed by atoms with E-state index in [-0.39, 0.29) is 73.8 Å². The zero-order valence-electron chi connectivity index (χ0n) is 31.1. The predicted octanol–water partition coefficient (Wildman–Crippen LogP) is 5.48. The summed E-state index contributed by atoms with van der Waals surface area (Å²) in [5, 5.41) is 13.5. The average Bonchev–Trinajstić information content (AvgIpc) is 3.46. The van der Waals surface area contributed by atoms with E-state index in [1.165, 1.54) is 26.3 Å². The van der Waals surface area contributed by atoms with Gasteiger partial charge in [-0.2, -0.15) is 4.31 Å². The van der Waals surface area contributed by atoms with Crippen LogP contribution in [0.15, 0.2) is 53.4 Å². The molecule has 0 aromatic heterocycles. The van der Waals surface area contributed by atoms with Gasteiger partial charge < -0.3 is 24.2 Å². The third-order valence-corrected chi connectivity index (χ3v) is 9.68. The van der Waals surface area contributed by atoms with Crippen LogP contribution in [0.1, 0.15) is 74.3 Å². The first kappa shape index (κ1) is 43.1. The van der Waals surface area contributed by atoms with E-state index in [1.807, 2.05) is 71.9 Å². The summed E-state index contributed by atoms with van der Waals surface area (Å²) in [7, 11) is -2.47. The maximum absolute atomic E-state index is 14.1. The average molecular weight is 741 g/mol. The summed E-state index contributed by atoms with van der Waals surface area (Å²) in [6.07, 6.45) is -1.42. The number of fused-ring (bicyclic) bond motifs is 1. The van der Waals surface area contributed by atoms with Crippen LogP contribution >= 0.6 is 12.4 Å². The zero-order valence-corrected chi connectivity index (χ0v) is 32.8. The van der Waals surface area contributed by atoms with Crippen molar-refractivity contribution in [3.05, 3.63) is 54.1 Å². The van der Waals surface area contributed by atoms with Crippen molar-refractivity contribution >= 4 is 34.4 Å². The number of ether oxygens (including phenoxy) is 3. The molecular weight excluding hydrogens is 684 g/mol. The van der Waals surface area contributed by atoms with Crippen molar-refractivity contribution in [1.82, 2.24) is 19.6 Å². The number of sulfonamides is 1. The summed E-state index contributed by atoms with van der Waals surface area (Å²) in [6, 6.07) is 12.6. The number of aliphatic hydroxyl groups is 1. The van der Waals surface area contributed by atoms with Crippen molar-refractivity contribution in [2.45, 2.75) is 104 Å². The monoisotopic (exact) mass is 740 g/mol. The van der Waals surface area contributed by atoms with E-state index in [2.05, 4.69) is 5.43 Å². The third-order valence-electron chi connectivity index (χ3n) is 7.85. The summed E-state index contributed by atoms with van der Waals surface area (Å²) in [6.45, 7) is 16.9. The number of hydrogen-bond acceptors (Lipinski definition) is 9. The molecule has 1 heterocycles. The minimum atomic E-state index is -4.10. The van der Waals surface area contributed by atoms with Crippen LogP contribution in [-0.2, 0) is 26.0 Å². The standard InChI is InChI=1S/C36H56N4O8S.ClH/c1-25(2)22-39(49(44,45)28-16-17-31-32(19-28)47-24-46-31)23-30(41)29(18-27-14-12-11-13-15-27)40(33(42)20-35(4,5)6)37-21-26(3)38(10)34(43)48-36(7,8)9;/h11-17,19,25-26,29-30,37,41H,18,20-24H2,1-10H3;1H/t26-,29-,30+;/m0./s1. The number of hydrazine groups is 1. The van der Waals surface area contributed by atoms with Crippen LogP contribution in [0.3, 0.4) is 0 Å². The number of halogens is 1. The lowest BCUT2D eigenvalue weighted by molar-refractivity contribution is -0.143. The molecule has 0 spiro atoms. The van der Waals surface area contributed by atoms with Gasteiger partial charge in [-0.05, 0) is 63.1 Å². The molecule has 0 aliphatic carbocycles. The summed E-state index contributed by atoms with van der Waals surface area (Å²) in [4.78, 5) is 28.4. The van der Waals surface area contributed by atoms with E-state index in [1.54, 1.807) is 33.9 Å². The Morgan fingerprint density at radius 3 is 2.16 bits per heavy atom. The van der Waals surface area contributed by atoms with Gasteiger partial charge in [-0.15, -0.1) is 12.4 Å². The number of nitrogens with one attached hydrogen (secondary N) is 1. The fraction of sp³-hybridized carbons (Fsp3) is 0.611. The van der Waals surface area contributed by atoms with Crippen LogP contribution in [0.25, 0.3) is 0 Å². The van der Waals surface area contributed by atoms with Crippen molar-refractivity contribution in [3.63, 3.8) is 0 Å². The molecule has 0 radical (unpaired) electrons. The Kier molecular flexibility index (Phi) is 15.4. The van der Waals surface area contributed by atoms with E-state index >= 15 is 0 Å². The first-order valence-electron chi connectivity index (χ1n) is 16.8. The van der Waals surface area contributed by atoms with Crippen molar-refractivity contribution in [2.75, 3.05) is 33.5 Å². The molecule has 50 heavy (non-hydrogen) atoms. The molecule has 3 rings (SSSR count). The molecule has 1 aliphatic rings. The summed E-state index contributed by atoms with van der Waals surface area (Å²) in [5.41, 5.74) is 3.02. The predicted molar refractivity (Wildman–Crippen MR) is 196 cm³/mol. The lowest BCUT2D eigenvalue weighted by atomic mass is 9.91. The number of aliphatic hydroxyl groups excluding tert-OH is 1. The molecule has 2 aromatic rings. The molecular formula is C36H57ClN4O8S. The highest BCUT2D eigenvalue weighted by Gasteiger charge is 2.37. The smallest absolute Gasteiger partial charge is 0.410 e. The number of carbonyl (C=O) groups excluding carboxylic acids is 2. The van der Waals surface area contributed by atoms with Gasteiger partial charge in [0, 0.05) is 45.2 Å². The largest absolute Gasteiger partial charge is 0.454 e. The van der Waals surface area contributed by atoms with Gasteiger partial charge in [-0.1, -0.05) is 65.0 Å². The minimum absolute atomic E-state index is 0. The van der Waals surface area contributed by atoms with E-state index in [0.29, 0.717) is 11.5 Å². The first-order chi connectivity index (χ1) is 22.7. The molecule has 282 valence electrons. The van der Waals surface area contributed by atoms with Gasteiger partial charge in [0.25, 0.3) is 0 Å². The highest BCUT2D eigenvalue weighted by atomic mass is 35.5. The summed E-state index contributed by atoms with van der Waals surface area (Å²) in [5.74, 6) is 0.461. The summed E-state index contributed by atoms with van der Waals surface area (Å²) >= 11 is 0. The van der Waals surface area contributed by atoms with Crippen molar-refractivity contribution in [3.8, 4) is 11.5 Å². The van der Waals surface area contributed by atoms with Gasteiger partial charge in [-0.3, -0.25) is 9.80 Å². The van der Waals surface area contributed by atoms with Crippen LogP contribution in [0.5, 0.6) is 11.5 Å². The molecule has 14 heteroatoms. The number of carbonyl (C=O) groups is 2. The number of likely N-dealkylation sites (N-methyl/N-ethyl adjacent to an activating group) is 1. The van der Waals surface area contributed by atoms with Crippen molar-refractivity contribution in [1.29, 1.82) is 0 Å². The number of rotatable bonds is 15. The molecule has 0 saturated carbocycles. The van der Waals surface area contributed by atoms with Gasteiger partial charge >= 0.3 is 6.09 Å². The molecule has 2 N–H and O–H groups in total. The number of nitrogens with zero attached hydrogens (tertiary/aromatic N) is 3. The van der Waals surface area contributed by atoms with Crippen LogP contribution < -0.4 is 14.9 Å². The van der Waals surface area contributed by atoms with Crippen LogP contribution in [0, 0.1) is 11.3 Å². The molecule has 0 unspecified atom stereocenters. The maximum atomic E-state index is 14.1. The second kappa shape index (κ2) is 17.9. The molecule has 0 bridgehead atoms. The Balaban J connectivity index is 0.00000867. The Morgan fingerprint density at radius 1 is 0.960 bits per heavy atom. The Bertz CT molecular complexity index is 1510. The van der Waals surface area contributed by atoms with Gasteiger partial charge in [-0.25, -0.2) is 18.6 Å². The van der Waals surface area contributed by atoms with E-state index in [0.717, 1.165) is 5.56 Å². The molecule has 3 atom stereocenters. The SMILES string of the molecule is CC(C)CN(C[C@@H](O)[C@H](Cc1ccccc1)N(NC[C@H](C)N(C)C(=O)OC(C)(C)C)C(=O)CC(C)(C)C)S(=O)(=O)c1ccc2c(c1)OCO2.Cl. The molecule has 0 saturated heterocycles. The number of amides is 2. The number of benzene rings is 2. The van der Waals surface area contributed by atoms with Crippen molar-refractivity contribution < 1.29 is 37.3 Å². The van der Waals surface area contributed by atoms with E-state index in [9.17, 15) is 23.1 Å². The lowest BCUT2D eigenvalue weighted by Crippen LogP contribution is -2.60. The van der Waals surface area contributed by atoms with Crippen LogP contribution in [-0.4, -0.2) is 97.0 Å². The lowest BCUT2D eigenvalue weighted by Gasteiger charge is -2.39. The Morgan fingerprint density at radius 2 is 1.58 bits per heavy atom. The van der Waals surface area contributed by atoms with Crippen LogP contribution in [0.2, 0.25) is 0 Å². The second-order valence-electron chi connectivity index (χ2n) is 15.4. The van der Waals surface area contributed by atoms with E-state index in [4.69, 9.17) is 14.2 Å². The third kappa shape index (κ3) is 12.6. The highest BCUT2D eigenvalue weighted by molar-refractivity contribution is 7.89. The topological polar surface area (TPSA) is 138 Å². The van der Waals surface area contributed by atoms with Crippen LogP contribution in [0.4, 0.5) is 4.79 Å². The van der Waals surface area contributed by atoms with Gasteiger partial charge in [0.1, 0.15) is 5.60 Å². The fourth-order valence-corrected chi connectivity index (χ4v) is 6.90. The highest BCUT2D eigenvalue weighted by Crippen LogP contribution is 2.35. The first-order valence-corrected chi connectivity index (χ1v) is 18.2. The van der Waals surface area contributed by atoms with E-state index < -0.39 is 39.9 Å². The Labute approximate surface area is 304 Å². The van der Waals surface area contributed by atoms with Gasteiger partial charge in [0.2, 0.25) is 22.7 Å². The Hall–Kier alpha value is -3.10.